The summed E-state index contributed by atoms with van der Waals surface area (Å²) in [7, 11) is -2.64. The normalized spacial score (nSPS) is 14.2. The van der Waals surface area contributed by atoms with Gasteiger partial charge in [-0.3, -0.25) is 14.3 Å². The number of methoxy groups -OCH3 is 1. The summed E-state index contributed by atoms with van der Waals surface area (Å²) in [5.41, 5.74) is 0.506. The van der Waals surface area contributed by atoms with Crippen molar-refractivity contribution in [3.63, 3.8) is 0 Å². The molecule has 0 atom stereocenters. The van der Waals surface area contributed by atoms with E-state index >= 15 is 0 Å². The van der Waals surface area contributed by atoms with Gasteiger partial charge >= 0.3 is 0 Å². The van der Waals surface area contributed by atoms with E-state index < -0.39 is 15.9 Å². The molecule has 33 heavy (non-hydrogen) atoms. The maximum Gasteiger partial charge on any atom is 0.261 e. The second-order valence-corrected chi connectivity index (χ2v) is 9.40. The third-order valence-electron chi connectivity index (χ3n) is 5.43. The summed E-state index contributed by atoms with van der Waals surface area (Å²) in [4.78, 5) is 27.2. The van der Waals surface area contributed by atoms with E-state index in [-0.39, 0.29) is 34.2 Å². The number of benzene rings is 2. The number of hydrogen-bond donors (Lipinski definition) is 2. The quantitative estimate of drug-likeness (QED) is 0.574. The molecule has 0 spiro atoms. The molecule has 1 heterocycles. The lowest BCUT2D eigenvalue weighted by atomic mass is 10.1. The Hall–Kier alpha value is -3.33. The Bertz CT molecular complexity index is 1120. The van der Waals surface area contributed by atoms with Gasteiger partial charge in [-0.15, -0.1) is 6.58 Å². The molecule has 1 aliphatic rings. The fraction of sp³-hybridized carbons (Fsp3) is 0.333. The van der Waals surface area contributed by atoms with E-state index in [1.165, 1.54) is 43.5 Å². The van der Waals surface area contributed by atoms with Gasteiger partial charge in [-0.1, -0.05) is 31.1 Å². The molecule has 0 saturated carbocycles. The van der Waals surface area contributed by atoms with Crippen molar-refractivity contribution in [2.75, 3.05) is 31.5 Å². The molecule has 2 aromatic carbocycles. The summed E-state index contributed by atoms with van der Waals surface area (Å²) in [5.74, 6) is -0.373. The van der Waals surface area contributed by atoms with Crippen LogP contribution in [-0.2, 0) is 10.0 Å². The van der Waals surface area contributed by atoms with Crippen molar-refractivity contribution in [3.8, 4) is 5.75 Å². The monoisotopic (exact) mass is 471 g/mol. The third-order valence-corrected chi connectivity index (χ3v) is 6.79. The molecule has 8 nitrogen and oxygen atoms in total. The van der Waals surface area contributed by atoms with Gasteiger partial charge in [0, 0.05) is 19.6 Å². The van der Waals surface area contributed by atoms with Crippen LogP contribution in [0.3, 0.4) is 0 Å². The second kappa shape index (κ2) is 11.0. The minimum atomic E-state index is -4.09. The van der Waals surface area contributed by atoms with Crippen molar-refractivity contribution in [1.82, 2.24) is 10.2 Å². The van der Waals surface area contributed by atoms with Crippen molar-refractivity contribution < 1.29 is 22.7 Å². The predicted molar refractivity (Wildman–Crippen MR) is 127 cm³/mol. The standard InChI is InChI=1S/C24H29N3O5S/c1-3-14-25-23(28)19-10-6-7-11-21(19)26-33(30,31)18-12-13-22(32-2)20(17-18)24(29)27-15-8-4-5-9-16-27/h3,6-7,10-13,17,26H,1,4-5,8-9,14-16H2,2H3,(H,25,28). The highest BCUT2D eigenvalue weighted by Gasteiger charge is 2.25. The van der Waals surface area contributed by atoms with E-state index in [9.17, 15) is 18.0 Å². The van der Waals surface area contributed by atoms with Crippen LogP contribution in [0.4, 0.5) is 5.69 Å². The fourth-order valence-corrected chi connectivity index (χ4v) is 4.80. The number of sulfonamides is 1. The topological polar surface area (TPSA) is 105 Å². The zero-order chi connectivity index (χ0) is 23.8. The van der Waals surface area contributed by atoms with Gasteiger partial charge in [0.25, 0.3) is 21.8 Å². The summed E-state index contributed by atoms with van der Waals surface area (Å²) < 4.78 is 34.2. The zero-order valence-electron chi connectivity index (χ0n) is 18.7. The van der Waals surface area contributed by atoms with E-state index in [0.717, 1.165) is 25.7 Å². The Morgan fingerprint density at radius 2 is 1.76 bits per heavy atom. The number of hydrogen-bond acceptors (Lipinski definition) is 5. The van der Waals surface area contributed by atoms with E-state index in [4.69, 9.17) is 4.74 Å². The summed E-state index contributed by atoms with van der Waals surface area (Å²) in [6, 6.07) is 10.5. The van der Waals surface area contributed by atoms with Crippen LogP contribution in [0.2, 0.25) is 0 Å². The van der Waals surface area contributed by atoms with Crippen LogP contribution in [0.1, 0.15) is 46.4 Å². The molecular formula is C24H29N3O5S. The van der Waals surface area contributed by atoms with Gasteiger partial charge in [-0.2, -0.15) is 0 Å². The van der Waals surface area contributed by atoms with E-state index in [2.05, 4.69) is 16.6 Å². The molecule has 1 fully saturated rings. The van der Waals surface area contributed by atoms with Crippen LogP contribution in [0, 0.1) is 0 Å². The molecule has 0 aliphatic carbocycles. The van der Waals surface area contributed by atoms with Crippen molar-refractivity contribution in [1.29, 1.82) is 0 Å². The van der Waals surface area contributed by atoms with E-state index in [1.807, 2.05) is 0 Å². The summed E-state index contributed by atoms with van der Waals surface area (Å²) in [6.45, 7) is 5.06. The molecule has 0 unspecified atom stereocenters. The molecule has 0 radical (unpaired) electrons. The minimum Gasteiger partial charge on any atom is -0.496 e. The van der Waals surface area contributed by atoms with Gasteiger partial charge < -0.3 is 15.0 Å². The van der Waals surface area contributed by atoms with Gasteiger partial charge in [-0.05, 0) is 43.2 Å². The molecule has 2 amide bonds. The highest BCUT2D eigenvalue weighted by molar-refractivity contribution is 7.92. The first kappa shape index (κ1) is 24.3. The number of likely N-dealkylation sites (tertiary alicyclic amines) is 1. The summed E-state index contributed by atoms with van der Waals surface area (Å²) in [5, 5.41) is 2.64. The van der Waals surface area contributed by atoms with Gasteiger partial charge in [0.1, 0.15) is 5.75 Å². The van der Waals surface area contributed by atoms with Crippen molar-refractivity contribution in [3.05, 3.63) is 66.2 Å². The second-order valence-electron chi connectivity index (χ2n) is 7.72. The first-order valence-corrected chi connectivity index (χ1v) is 12.3. The van der Waals surface area contributed by atoms with Crippen molar-refractivity contribution in [2.45, 2.75) is 30.6 Å². The predicted octanol–water partition coefficient (Wildman–Crippen LogP) is 3.43. The van der Waals surface area contributed by atoms with Gasteiger partial charge in [0.15, 0.2) is 0 Å². The number of anilines is 1. The number of nitrogens with one attached hydrogen (secondary N) is 2. The Morgan fingerprint density at radius 3 is 2.42 bits per heavy atom. The molecule has 176 valence electrons. The molecule has 3 rings (SSSR count). The Balaban J connectivity index is 1.92. The number of ether oxygens (including phenoxy) is 1. The van der Waals surface area contributed by atoms with Crippen molar-refractivity contribution >= 4 is 27.5 Å². The molecule has 1 saturated heterocycles. The summed E-state index contributed by atoms with van der Waals surface area (Å²) >= 11 is 0. The van der Waals surface area contributed by atoms with Gasteiger partial charge in [0.2, 0.25) is 0 Å². The molecule has 2 N–H and O–H groups in total. The number of rotatable bonds is 8. The van der Waals surface area contributed by atoms with Crippen LogP contribution >= 0.6 is 0 Å². The lowest BCUT2D eigenvalue weighted by Gasteiger charge is -2.22. The van der Waals surface area contributed by atoms with Crippen molar-refractivity contribution in [2.24, 2.45) is 0 Å². The van der Waals surface area contributed by atoms with Crippen LogP contribution in [-0.4, -0.2) is 51.9 Å². The molecule has 0 bridgehead atoms. The van der Waals surface area contributed by atoms with Crippen LogP contribution < -0.4 is 14.8 Å². The number of amides is 2. The molecule has 1 aliphatic heterocycles. The largest absolute Gasteiger partial charge is 0.496 e. The molecule has 9 heteroatoms. The lowest BCUT2D eigenvalue weighted by Crippen LogP contribution is -2.32. The van der Waals surface area contributed by atoms with Gasteiger partial charge in [0.05, 0.1) is 28.8 Å². The van der Waals surface area contributed by atoms with E-state index in [0.29, 0.717) is 18.8 Å². The molecule has 2 aromatic rings. The average Bonchev–Trinajstić information content (AvgIpc) is 3.11. The number of nitrogens with zero attached hydrogens (tertiary/aromatic N) is 1. The van der Waals surface area contributed by atoms with Gasteiger partial charge in [-0.25, -0.2) is 8.42 Å². The number of para-hydroxylation sites is 1. The zero-order valence-corrected chi connectivity index (χ0v) is 19.5. The Kier molecular flexibility index (Phi) is 8.11. The fourth-order valence-electron chi connectivity index (χ4n) is 3.70. The third kappa shape index (κ3) is 5.92. The first-order valence-electron chi connectivity index (χ1n) is 10.9. The first-order chi connectivity index (χ1) is 15.9. The minimum absolute atomic E-state index is 0.0947. The lowest BCUT2D eigenvalue weighted by molar-refractivity contribution is 0.0757. The SMILES string of the molecule is C=CCNC(=O)c1ccccc1NS(=O)(=O)c1ccc(OC)c(C(=O)N2CCCCCC2)c1. The number of carbonyl (C=O) groups excluding carboxylic acids is 2. The smallest absolute Gasteiger partial charge is 0.261 e. The maximum absolute atomic E-state index is 13.2. The van der Waals surface area contributed by atoms with E-state index in [1.54, 1.807) is 17.0 Å². The molecule has 0 aromatic heterocycles. The van der Waals surface area contributed by atoms with Crippen LogP contribution in [0.5, 0.6) is 5.75 Å². The van der Waals surface area contributed by atoms with Crippen LogP contribution in [0.15, 0.2) is 60.0 Å². The maximum atomic E-state index is 13.2. The Labute approximate surface area is 194 Å². The highest BCUT2D eigenvalue weighted by Crippen LogP contribution is 2.27. The Morgan fingerprint density at radius 1 is 1.06 bits per heavy atom. The molecular weight excluding hydrogens is 442 g/mol. The number of carbonyl (C=O) groups is 2. The summed E-state index contributed by atoms with van der Waals surface area (Å²) in [6.07, 6.45) is 5.50. The highest BCUT2D eigenvalue weighted by atomic mass is 32.2. The van der Waals surface area contributed by atoms with Crippen LogP contribution in [0.25, 0.3) is 0 Å². The average molecular weight is 472 g/mol.